The van der Waals surface area contributed by atoms with Gasteiger partial charge in [-0.25, -0.2) is 14.4 Å². The monoisotopic (exact) mass is 574 g/mol. The second kappa shape index (κ2) is 13.9. The number of carbonyl (C=O) groups excluding carboxylic acids is 1. The average Bonchev–Trinajstić information content (AvgIpc) is 3.30. The number of hydrogen-bond acceptors (Lipinski definition) is 8. The van der Waals surface area contributed by atoms with E-state index in [1.54, 1.807) is 31.1 Å². The van der Waals surface area contributed by atoms with Gasteiger partial charge in [0, 0.05) is 43.5 Å². The maximum absolute atomic E-state index is 14.8. The number of carbonyl (C=O) groups is 1. The minimum atomic E-state index is -0.505. The first-order valence-electron chi connectivity index (χ1n) is 14.1. The highest BCUT2D eigenvalue weighted by Crippen LogP contribution is 2.39. The van der Waals surface area contributed by atoms with Crippen LogP contribution in [0.3, 0.4) is 0 Å². The zero-order chi connectivity index (χ0) is 30.2. The molecule has 3 heterocycles. The topological polar surface area (TPSA) is 100 Å². The van der Waals surface area contributed by atoms with Crippen LogP contribution >= 0.6 is 0 Å². The number of aromatic nitrogens is 4. The van der Waals surface area contributed by atoms with E-state index in [-0.39, 0.29) is 5.91 Å². The van der Waals surface area contributed by atoms with Crippen molar-refractivity contribution in [2.45, 2.75) is 32.7 Å². The molecule has 2 N–H and O–H groups in total. The van der Waals surface area contributed by atoms with Crippen molar-refractivity contribution in [1.29, 1.82) is 0 Å². The van der Waals surface area contributed by atoms with Crippen LogP contribution < -0.4 is 30.8 Å². The van der Waals surface area contributed by atoms with Crippen LogP contribution in [0.4, 0.5) is 27.3 Å². The van der Waals surface area contributed by atoms with Crippen LogP contribution in [0, 0.1) is 0 Å². The molecule has 1 fully saturated rings. The van der Waals surface area contributed by atoms with Crippen molar-refractivity contribution in [1.82, 2.24) is 24.6 Å². The van der Waals surface area contributed by atoms with E-state index in [1.807, 2.05) is 12.1 Å². The van der Waals surface area contributed by atoms with E-state index < -0.39 is 5.83 Å². The molecule has 0 atom stereocenters. The maximum atomic E-state index is 14.8. The highest BCUT2D eigenvalue weighted by atomic mass is 19.1. The summed E-state index contributed by atoms with van der Waals surface area (Å²) in [5.74, 6) is 0.177. The molecular formula is C31H39FN8O2. The summed E-state index contributed by atoms with van der Waals surface area (Å²) in [6, 6.07) is 5.89. The molecular weight excluding hydrogens is 535 g/mol. The van der Waals surface area contributed by atoms with Gasteiger partial charge in [-0.2, -0.15) is 5.10 Å². The van der Waals surface area contributed by atoms with E-state index in [0.717, 1.165) is 44.7 Å². The zero-order valence-electron chi connectivity index (χ0n) is 24.7. The second-order valence-electron chi connectivity index (χ2n) is 10.0. The maximum Gasteiger partial charge on any atom is 0.247 e. The Morgan fingerprint density at radius 1 is 1.19 bits per heavy atom. The third kappa shape index (κ3) is 7.22. The van der Waals surface area contributed by atoms with E-state index in [0.29, 0.717) is 45.2 Å². The molecule has 0 unspecified atom stereocenters. The first kappa shape index (κ1) is 30.4. The van der Waals surface area contributed by atoms with Gasteiger partial charge in [-0.05, 0) is 50.2 Å². The van der Waals surface area contributed by atoms with E-state index >= 15 is 0 Å². The molecule has 0 aliphatic carbocycles. The van der Waals surface area contributed by atoms with Gasteiger partial charge in [-0.15, -0.1) is 0 Å². The number of nitrogens with one attached hydrogen (secondary N) is 2. The Morgan fingerprint density at radius 3 is 2.55 bits per heavy atom. The predicted molar refractivity (Wildman–Crippen MR) is 167 cm³/mol. The Balaban J connectivity index is 1.62. The molecule has 1 amide bonds. The van der Waals surface area contributed by atoms with Gasteiger partial charge in [-0.3, -0.25) is 9.48 Å². The van der Waals surface area contributed by atoms with Crippen molar-refractivity contribution in [2.24, 2.45) is 7.05 Å². The first-order valence-corrected chi connectivity index (χ1v) is 14.1. The van der Waals surface area contributed by atoms with Crippen molar-refractivity contribution >= 4 is 47.5 Å². The molecule has 0 spiro atoms. The fourth-order valence-electron chi connectivity index (χ4n) is 5.24. The van der Waals surface area contributed by atoms with E-state index in [1.165, 1.54) is 24.6 Å². The molecule has 2 aromatic heterocycles. The number of ether oxygens (including phenoxy) is 1. The summed E-state index contributed by atoms with van der Waals surface area (Å²) in [4.78, 5) is 25.6. The molecule has 0 bridgehead atoms. The highest BCUT2D eigenvalue weighted by Gasteiger charge is 2.25. The lowest BCUT2D eigenvalue weighted by atomic mass is 10.0. The fourth-order valence-corrected chi connectivity index (χ4v) is 5.24. The molecule has 1 aliphatic rings. The summed E-state index contributed by atoms with van der Waals surface area (Å²) in [6.07, 6.45) is 8.87. The van der Waals surface area contributed by atoms with Crippen LogP contribution in [0.1, 0.15) is 32.4 Å². The number of rotatable bonds is 11. The summed E-state index contributed by atoms with van der Waals surface area (Å²) in [7, 11) is 3.31. The molecule has 4 rings (SSSR count). The number of methoxy groups -OCH3 is 1. The molecule has 0 saturated carbocycles. The van der Waals surface area contributed by atoms with E-state index in [4.69, 9.17) is 4.74 Å². The SMILES string of the molecule is C=CC(=O)Nc1cc(Nc2cc(/C=C(F)/C=c3\c(=C)cnn3C)ncn2)c(OC)cc1N1CCC(N(CC)CC)CC1. The number of anilines is 4. The summed E-state index contributed by atoms with van der Waals surface area (Å²) in [5, 5.41) is 11.4. The van der Waals surface area contributed by atoms with Crippen molar-refractivity contribution in [3.05, 3.63) is 65.5 Å². The molecule has 42 heavy (non-hydrogen) atoms. The van der Waals surface area contributed by atoms with Crippen LogP contribution in [0.2, 0.25) is 0 Å². The molecule has 222 valence electrons. The zero-order valence-corrected chi connectivity index (χ0v) is 24.7. The number of aryl methyl sites for hydroxylation is 1. The van der Waals surface area contributed by atoms with E-state index in [2.05, 4.69) is 62.5 Å². The average molecular weight is 575 g/mol. The van der Waals surface area contributed by atoms with Gasteiger partial charge in [0.1, 0.15) is 23.7 Å². The van der Waals surface area contributed by atoms with Crippen LogP contribution in [0.5, 0.6) is 5.75 Å². The fraction of sp³-hybridized carbons (Fsp3) is 0.355. The Labute approximate surface area is 245 Å². The second-order valence-corrected chi connectivity index (χ2v) is 10.0. The lowest BCUT2D eigenvalue weighted by molar-refractivity contribution is -0.111. The lowest BCUT2D eigenvalue weighted by Crippen LogP contribution is -2.45. The van der Waals surface area contributed by atoms with Gasteiger partial charge in [0.15, 0.2) is 0 Å². The number of halogens is 1. The van der Waals surface area contributed by atoms with Gasteiger partial charge in [0.2, 0.25) is 5.91 Å². The summed E-state index contributed by atoms with van der Waals surface area (Å²) in [6.45, 7) is 15.6. The number of allylic oxidation sites excluding steroid dienone is 1. The highest BCUT2D eigenvalue weighted by molar-refractivity contribution is 6.02. The van der Waals surface area contributed by atoms with Crippen LogP contribution in [-0.4, -0.2) is 69.9 Å². The molecule has 1 saturated heterocycles. The summed E-state index contributed by atoms with van der Waals surface area (Å²) in [5.41, 5.74) is 2.44. The first-order chi connectivity index (χ1) is 20.3. The Bertz CT molecular complexity index is 1560. The van der Waals surface area contributed by atoms with Crippen LogP contribution in [0.15, 0.2) is 49.2 Å². The Kier molecular flexibility index (Phi) is 10.1. The van der Waals surface area contributed by atoms with Crippen molar-refractivity contribution in [2.75, 3.05) is 48.8 Å². The predicted octanol–water partition coefficient (Wildman–Crippen LogP) is 3.60. The number of hydrogen-bond donors (Lipinski definition) is 2. The molecule has 11 heteroatoms. The van der Waals surface area contributed by atoms with Crippen molar-refractivity contribution in [3.63, 3.8) is 0 Å². The summed E-state index contributed by atoms with van der Waals surface area (Å²) < 4.78 is 22.1. The normalized spacial score (nSPS) is 14.8. The third-order valence-corrected chi connectivity index (χ3v) is 7.47. The Morgan fingerprint density at radius 2 is 1.93 bits per heavy atom. The van der Waals surface area contributed by atoms with Gasteiger partial charge in [-0.1, -0.05) is 27.0 Å². The van der Waals surface area contributed by atoms with Gasteiger partial charge < -0.3 is 25.2 Å². The molecule has 10 nitrogen and oxygen atoms in total. The minimum Gasteiger partial charge on any atom is -0.494 e. The van der Waals surface area contributed by atoms with Crippen molar-refractivity contribution in [3.8, 4) is 5.75 Å². The van der Waals surface area contributed by atoms with Crippen LogP contribution in [0.25, 0.3) is 18.7 Å². The smallest absolute Gasteiger partial charge is 0.247 e. The van der Waals surface area contributed by atoms with Crippen molar-refractivity contribution < 1.29 is 13.9 Å². The number of nitrogens with zero attached hydrogens (tertiary/aromatic N) is 6. The lowest BCUT2D eigenvalue weighted by Gasteiger charge is -2.39. The minimum absolute atomic E-state index is 0.314. The van der Waals surface area contributed by atoms with Crippen LogP contribution in [-0.2, 0) is 11.8 Å². The largest absolute Gasteiger partial charge is 0.494 e. The quantitative estimate of drug-likeness (QED) is 0.335. The van der Waals surface area contributed by atoms with Gasteiger partial charge in [0.05, 0.1) is 41.4 Å². The Hall–Kier alpha value is -4.51. The third-order valence-electron chi connectivity index (χ3n) is 7.47. The standard InChI is InChI=1S/C31H39FN8O2/c1-7-31(41)37-25-17-26(29(42-6)18-28(25)40-12-10-24(11-13-40)39(8-2)9-3)36-30-16-23(33-20-34-30)14-22(32)15-27-21(4)19-35-38(27)5/h7,14-20,24H,1,4,8-13H2,2-3,5-6H3,(H,37,41)(H,33,34,36)/b22-14-,27-15+. The molecule has 0 radical (unpaired) electrons. The number of amides is 1. The number of benzene rings is 1. The molecule has 1 aliphatic heterocycles. The molecule has 1 aromatic carbocycles. The number of piperidine rings is 1. The van der Waals surface area contributed by atoms with Gasteiger partial charge >= 0.3 is 0 Å². The molecule has 3 aromatic rings. The van der Waals surface area contributed by atoms with E-state index in [9.17, 15) is 9.18 Å². The van der Waals surface area contributed by atoms with Gasteiger partial charge in [0.25, 0.3) is 0 Å². The summed E-state index contributed by atoms with van der Waals surface area (Å²) >= 11 is 0.